The zero-order valence-corrected chi connectivity index (χ0v) is 17.8. The summed E-state index contributed by atoms with van der Waals surface area (Å²) in [5.74, 6) is 0.690. The van der Waals surface area contributed by atoms with E-state index in [0.717, 1.165) is 50.4 Å². The Kier molecular flexibility index (Phi) is 5.48. The summed E-state index contributed by atoms with van der Waals surface area (Å²) in [4.78, 5) is 27.5. The van der Waals surface area contributed by atoms with E-state index < -0.39 is 0 Å². The maximum Gasteiger partial charge on any atom is 0.255 e. The smallest absolute Gasteiger partial charge is 0.255 e. The molecule has 7 nitrogen and oxygen atoms in total. The maximum absolute atomic E-state index is 12.6. The van der Waals surface area contributed by atoms with Crippen LogP contribution in [0.25, 0.3) is 0 Å². The highest BCUT2D eigenvalue weighted by atomic mass is 16.5. The van der Waals surface area contributed by atoms with Crippen molar-refractivity contribution in [3.05, 3.63) is 50.9 Å². The molecule has 3 aliphatic rings. The van der Waals surface area contributed by atoms with Crippen molar-refractivity contribution in [2.24, 2.45) is 0 Å². The van der Waals surface area contributed by atoms with E-state index in [1.165, 1.54) is 42.7 Å². The normalized spacial score (nSPS) is 19.9. The third kappa shape index (κ3) is 3.96. The first-order valence-corrected chi connectivity index (χ1v) is 11.2. The lowest BCUT2D eigenvalue weighted by molar-refractivity contribution is 0.122. The zero-order chi connectivity index (χ0) is 20.5. The van der Waals surface area contributed by atoms with E-state index in [2.05, 4.69) is 44.8 Å². The number of anilines is 2. The Morgan fingerprint density at radius 1 is 1.07 bits per heavy atom. The second-order valence-corrected chi connectivity index (χ2v) is 8.68. The lowest BCUT2D eigenvalue weighted by Gasteiger charge is -2.31. The summed E-state index contributed by atoms with van der Waals surface area (Å²) in [6.07, 6.45) is 3.35. The Morgan fingerprint density at radius 3 is 2.63 bits per heavy atom. The van der Waals surface area contributed by atoms with Gasteiger partial charge in [0.05, 0.1) is 18.9 Å². The van der Waals surface area contributed by atoms with E-state index in [1.54, 1.807) is 0 Å². The molecular weight excluding hydrogens is 378 g/mol. The van der Waals surface area contributed by atoms with E-state index >= 15 is 0 Å². The number of aromatic nitrogens is 2. The van der Waals surface area contributed by atoms with E-state index in [0.29, 0.717) is 19.2 Å². The van der Waals surface area contributed by atoms with Crippen molar-refractivity contribution in [2.75, 3.05) is 55.7 Å². The van der Waals surface area contributed by atoms with Crippen molar-refractivity contribution >= 4 is 11.6 Å². The molecule has 0 amide bonds. The fourth-order valence-electron chi connectivity index (χ4n) is 4.81. The molecule has 0 radical (unpaired) electrons. The standard InChI is InChI=1S/C23H31N5O2/c1-17-14-19(27-7-2-3-8-27)5-4-18(17)15-26-9-6-20-21(16-26)24-23(25-22(20)29)28-10-12-30-13-11-28/h4-5,14H,2-3,6-13,15-16H2,1H3,(H,24,25,29). The number of rotatable bonds is 4. The van der Waals surface area contributed by atoms with Gasteiger partial charge in [-0.25, -0.2) is 4.98 Å². The van der Waals surface area contributed by atoms with Crippen molar-refractivity contribution in [1.82, 2.24) is 14.9 Å². The summed E-state index contributed by atoms with van der Waals surface area (Å²) in [5, 5.41) is 0. The molecule has 30 heavy (non-hydrogen) atoms. The molecule has 0 aliphatic carbocycles. The van der Waals surface area contributed by atoms with Gasteiger partial charge in [0.2, 0.25) is 5.95 Å². The molecule has 7 heteroatoms. The van der Waals surface area contributed by atoms with Crippen LogP contribution in [0.15, 0.2) is 23.0 Å². The summed E-state index contributed by atoms with van der Waals surface area (Å²) in [6, 6.07) is 6.88. The first kappa shape index (κ1) is 19.6. The lowest BCUT2D eigenvalue weighted by atomic mass is 10.0. The topological polar surface area (TPSA) is 64.7 Å². The molecule has 3 aliphatic heterocycles. The van der Waals surface area contributed by atoms with Gasteiger partial charge in [-0.3, -0.25) is 14.7 Å². The number of hydrogen-bond donors (Lipinski definition) is 1. The van der Waals surface area contributed by atoms with E-state index in [-0.39, 0.29) is 5.56 Å². The summed E-state index contributed by atoms with van der Waals surface area (Å²) >= 11 is 0. The number of hydrogen-bond acceptors (Lipinski definition) is 6. The Balaban J connectivity index is 1.31. The van der Waals surface area contributed by atoms with Crippen molar-refractivity contribution < 1.29 is 4.74 Å². The van der Waals surface area contributed by atoms with Crippen LogP contribution in [0.5, 0.6) is 0 Å². The lowest BCUT2D eigenvalue weighted by Crippen LogP contribution is -2.40. The van der Waals surface area contributed by atoms with Gasteiger partial charge in [0, 0.05) is 57.1 Å². The average Bonchev–Trinajstić information content (AvgIpc) is 3.30. The fraction of sp³-hybridized carbons (Fsp3) is 0.565. The van der Waals surface area contributed by atoms with Crippen LogP contribution in [-0.4, -0.2) is 60.8 Å². The molecule has 160 valence electrons. The van der Waals surface area contributed by atoms with Gasteiger partial charge < -0.3 is 14.5 Å². The number of ether oxygens (including phenoxy) is 1. The minimum absolute atomic E-state index is 0.0206. The SMILES string of the molecule is Cc1cc(N2CCCC2)ccc1CN1CCc2c(nc(N3CCOCC3)[nH]c2=O)C1. The van der Waals surface area contributed by atoms with Gasteiger partial charge in [0.1, 0.15) is 0 Å². The molecular formula is C23H31N5O2. The third-order valence-electron chi connectivity index (χ3n) is 6.64. The van der Waals surface area contributed by atoms with Gasteiger partial charge in [-0.2, -0.15) is 0 Å². The van der Waals surface area contributed by atoms with Crippen molar-refractivity contribution in [3.8, 4) is 0 Å². The highest BCUT2D eigenvalue weighted by molar-refractivity contribution is 5.51. The number of H-pyrrole nitrogens is 1. The Labute approximate surface area is 177 Å². The van der Waals surface area contributed by atoms with Crippen LogP contribution in [0.3, 0.4) is 0 Å². The molecule has 0 unspecified atom stereocenters. The Bertz CT molecular complexity index is 961. The van der Waals surface area contributed by atoms with Crippen LogP contribution in [0.1, 0.15) is 35.2 Å². The second kappa shape index (κ2) is 8.40. The molecule has 1 N–H and O–H groups in total. The van der Waals surface area contributed by atoms with Gasteiger partial charge >= 0.3 is 0 Å². The fourth-order valence-corrected chi connectivity index (χ4v) is 4.81. The van der Waals surface area contributed by atoms with Gasteiger partial charge in [0.25, 0.3) is 5.56 Å². The van der Waals surface area contributed by atoms with Crippen molar-refractivity contribution in [2.45, 2.75) is 39.3 Å². The van der Waals surface area contributed by atoms with Crippen molar-refractivity contribution in [1.29, 1.82) is 0 Å². The molecule has 5 rings (SSSR count). The molecule has 2 aromatic rings. The number of aromatic amines is 1. The highest BCUT2D eigenvalue weighted by Gasteiger charge is 2.24. The molecule has 0 spiro atoms. The molecule has 4 heterocycles. The maximum atomic E-state index is 12.6. The van der Waals surface area contributed by atoms with E-state index in [9.17, 15) is 4.79 Å². The van der Waals surface area contributed by atoms with Crippen molar-refractivity contribution in [3.63, 3.8) is 0 Å². The second-order valence-electron chi connectivity index (χ2n) is 8.68. The van der Waals surface area contributed by atoms with Crippen LogP contribution in [-0.2, 0) is 24.2 Å². The number of nitrogens with zero attached hydrogens (tertiary/aromatic N) is 4. The molecule has 2 saturated heterocycles. The summed E-state index contributed by atoms with van der Waals surface area (Å²) in [6.45, 7) is 9.98. The zero-order valence-electron chi connectivity index (χ0n) is 17.8. The predicted molar refractivity (Wildman–Crippen MR) is 118 cm³/mol. The number of fused-ring (bicyclic) bond motifs is 1. The van der Waals surface area contributed by atoms with Crippen LogP contribution >= 0.6 is 0 Å². The summed E-state index contributed by atoms with van der Waals surface area (Å²) in [5.41, 5.74) is 5.85. The number of benzene rings is 1. The quantitative estimate of drug-likeness (QED) is 0.834. The number of morpholine rings is 1. The van der Waals surface area contributed by atoms with E-state index in [1.807, 2.05) is 0 Å². The monoisotopic (exact) mass is 409 g/mol. The molecule has 0 saturated carbocycles. The van der Waals surface area contributed by atoms with Gasteiger partial charge in [-0.15, -0.1) is 0 Å². The number of aryl methyl sites for hydroxylation is 1. The minimum Gasteiger partial charge on any atom is -0.378 e. The third-order valence-corrected chi connectivity index (χ3v) is 6.64. The van der Waals surface area contributed by atoms with Crippen LogP contribution < -0.4 is 15.4 Å². The summed E-state index contributed by atoms with van der Waals surface area (Å²) < 4.78 is 5.43. The van der Waals surface area contributed by atoms with Crippen LogP contribution in [0.4, 0.5) is 11.6 Å². The van der Waals surface area contributed by atoms with Gasteiger partial charge in [-0.05, 0) is 49.4 Å². The Hall–Kier alpha value is -2.38. The van der Waals surface area contributed by atoms with Gasteiger partial charge in [0.15, 0.2) is 0 Å². The first-order chi connectivity index (χ1) is 14.7. The molecule has 0 bridgehead atoms. The molecule has 1 aromatic heterocycles. The Morgan fingerprint density at radius 2 is 1.87 bits per heavy atom. The molecule has 0 atom stereocenters. The minimum atomic E-state index is 0.0206. The van der Waals surface area contributed by atoms with Gasteiger partial charge in [-0.1, -0.05) is 6.07 Å². The molecule has 1 aromatic carbocycles. The average molecular weight is 410 g/mol. The molecule has 2 fully saturated rings. The van der Waals surface area contributed by atoms with E-state index in [4.69, 9.17) is 9.72 Å². The largest absolute Gasteiger partial charge is 0.378 e. The highest BCUT2D eigenvalue weighted by Crippen LogP contribution is 2.25. The number of nitrogens with one attached hydrogen (secondary N) is 1. The van der Waals surface area contributed by atoms with Crippen LogP contribution in [0, 0.1) is 6.92 Å². The summed E-state index contributed by atoms with van der Waals surface area (Å²) in [7, 11) is 0. The predicted octanol–water partition coefficient (Wildman–Crippen LogP) is 2.07. The van der Waals surface area contributed by atoms with Crippen LogP contribution in [0.2, 0.25) is 0 Å². The first-order valence-electron chi connectivity index (χ1n) is 11.2.